The lowest BCUT2D eigenvalue weighted by molar-refractivity contribution is -0.121. The normalized spacial score (nSPS) is 15.7. The number of rotatable bonds is 7. The quantitative estimate of drug-likeness (QED) is 0.542. The van der Waals surface area contributed by atoms with E-state index in [4.69, 9.17) is 5.73 Å². The van der Waals surface area contributed by atoms with Crippen LogP contribution < -0.4 is 11.1 Å². The van der Waals surface area contributed by atoms with Gasteiger partial charge in [0.2, 0.25) is 11.8 Å². The van der Waals surface area contributed by atoms with Crippen molar-refractivity contribution in [3.8, 4) is 0 Å². The van der Waals surface area contributed by atoms with Crippen molar-refractivity contribution in [2.75, 3.05) is 31.5 Å². The van der Waals surface area contributed by atoms with Crippen LogP contribution in [0.4, 0.5) is 14.5 Å². The number of nitrogens with zero attached hydrogens (tertiary/aromatic N) is 2. The first-order valence-corrected chi connectivity index (χ1v) is 11.5. The van der Waals surface area contributed by atoms with Gasteiger partial charge in [-0.05, 0) is 66.6 Å². The van der Waals surface area contributed by atoms with E-state index in [2.05, 4.69) is 15.1 Å². The SMILES string of the molecule is CC(C(=O)Nc1ccc(C(N)=O)cc1)N1CCN(C(c2ccc(F)cc2)c2ccc(F)cc2)CC1. The molecule has 1 aliphatic heterocycles. The molecule has 0 bridgehead atoms. The van der Waals surface area contributed by atoms with Gasteiger partial charge in [-0.1, -0.05) is 24.3 Å². The van der Waals surface area contributed by atoms with Crippen molar-refractivity contribution >= 4 is 17.5 Å². The Hall–Kier alpha value is -3.62. The summed E-state index contributed by atoms with van der Waals surface area (Å²) in [7, 11) is 0. The number of carbonyl (C=O) groups excluding carboxylic acids is 2. The van der Waals surface area contributed by atoms with Gasteiger partial charge in [-0.15, -0.1) is 0 Å². The van der Waals surface area contributed by atoms with Gasteiger partial charge in [0.05, 0.1) is 12.1 Å². The van der Waals surface area contributed by atoms with E-state index in [1.807, 2.05) is 6.92 Å². The molecule has 0 saturated carbocycles. The maximum absolute atomic E-state index is 13.5. The number of hydrogen-bond acceptors (Lipinski definition) is 4. The molecule has 182 valence electrons. The van der Waals surface area contributed by atoms with Crippen molar-refractivity contribution < 1.29 is 18.4 Å². The molecule has 8 heteroatoms. The van der Waals surface area contributed by atoms with Crippen molar-refractivity contribution in [3.63, 3.8) is 0 Å². The van der Waals surface area contributed by atoms with E-state index in [-0.39, 0.29) is 29.6 Å². The minimum atomic E-state index is -0.520. The molecule has 1 aliphatic rings. The van der Waals surface area contributed by atoms with Crippen LogP contribution in [0.15, 0.2) is 72.8 Å². The molecule has 1 fully saturated rings. The van der Waals surface area contributed by atoms with Gasteiger partial charge in [-0.2, -0.15) is 0 Å². The number of amides is 2. The second-order valence-corrected chi connectivity index (χ2v) is 8.68. The largest absolute Gasteiger partial charge is 0.366 e. The molecule has 2 amide bonds. The summed E-state index contributed by atoms with van der Waals surface area (Å²) >= 11 is 0. The second kappa shape index (κ2) is 10.8. The van der Waals surface area contributed by atoms with E-state index in [1.165, 1.54) is 24.3 Å². The molecular formula is C27H28F2N4O2. The zero-order valence-corrected chi connectivity index (χ0v) is 19.5. The third kappa shape index (κ3) is 5.90. The molecule has 0 radical (unpaired) electrons. The first-order valence-electron chi connectivity index (χ1n) is 11.5. The molecular weight excluding hydrogens is 450 g/mol. The summed E-state index contributed by atoms with van der Waals surface area (Å²) in [6.45, 7) is 4.55. The molecule has 35 heavy (non-hydrogen) atoms. The molecule has 3 N–H and O–H groups in total. The standard InChI is InChI=1S/C27H28F2N4O2/c1-18(27(35)31-24-12-6-21(7-13-24)26(30)34)32-14-16-33(17-15-32)25(19-2-8-22(28)9-3-19)20-4-10-23(29)11-5-20/h2-13,18,25H,14-17H2,1H3,(H2,30,34)(H,31,35). The Morgan fingerprint density at radius 1 is 0.771 bits per heavy atom. The molecule has 1 atom stereocenters. The summed E-state index contributed by atoms with van der Waals surface area (Å²) in [5, 5.41) is 2.88. The highest BCUT2D eigenvalue weighted by Gasteiger charge is 2.30. The van der Waals surface area contributed by atoms with Gasteiger partial charge in [-0.25, -0.2) is 8.78 Å². The van der Waals surface area contributed by atoms with Crippen LogP contribution in [0.5, 0.6) is 0 Å². The number of nitrogens with two attached hydrogens (primary N) is 1. The summed E-state index contributed by atoms with van der Waals surface area (Å²) in [6, 6.07) is 18.7. The molecule has 0 aromatic heterocycles. The summed E-state index contributed by atoms with van der Waals surface area (Å²) in [4.78, 5) is 28.4. The van der Waals surface area contributed by atoms with Crippen LogP contribution in [0.3, 0.4) is 0 Å². The fourth-order valence-corrected chi connectivity index (χ4v) is 4.42. The van der Waals surface area contributed by atoms with E-state index < -0.39 is 5.91 Å². The van der Waals surface area contributed by atoms with Gasteiger partial charge in [0.1, 0.15) is 11.6 Å². The third-order valence-electron chi connectivity index (χ3n) is 6.45. The number of nitrogens with one attached hydrogen (secondary N) is 1. The molecule has 0 spiro atoms. The Labute approximate surface area is 203 Å². The number of carbonyl (C=O) groups is 2. The Bertz CT molecular complexity index is 1110. The monoisotopic (exact) mass is 478 g/mol. The summed E-state index contributed by atoms with van der Waals surface area (Å²) in [5.74, 6) is -1.27. The number of halogens is 2. The smallest absolute Gasteiger partial charge is 0.248 e. The fraction of sp³-hybridized carbons (Fsp3) is 0.259. The van der Waals surface area contributed by atoms with Crippen LogP contribution in [-0.4, -0.2) is 53.8 Å². The van der Waals surface area contributed by atoms with Gasteiger partial charge in [0, 0.05) is 37.4 Å². The Morgan fingerprint density at radius 3 is 1.69 bits per heavy atom. The lowest BCUT2D eigenvalue weighted by Gasteiger charge is -2.41. The van der Waals surface area contributed by atoms with Crippen LogP contribution in [0.2, 0.25) is 0 Å². The van der Waals surface area contributed by atoms with Gasteiger partial charge in [0.15, 0.2) is 0 Å². The average molecular weight is 479 g/mol. The molecule has 3 aromatic carbocycles. The lowest BCUT2D eigenvalue weighted by Crippen LogP contribution is -2.53. The third-order valence-corrected chi connectivity index (χ3v) is 6.45. The highest BCUT2D eigenvalue weighted by Crippen LogP contribution is 2.30. The summed E-state index contributed by atoms with van der Waals surface area (Å²) in [6.07, 6.45) is 0. The van der Waals surface area contributed by atoms with Crippen LogP contribution in [-0.2, 0) is 4.79 Å². The number of benzene rings is 3. The highest BCUT2D eigenvalue weighted by molar-refractivity contribution is 5.96. The Kier molecular flexibility index (Phi) is 7.53. The Morgan fingerprint density at radius 2 is 1.23 bits per heavy atom. The first kappa shape index (κ1) is 24.5. The predicted octanol–water partition coefficient (Wildman–Crippen LogP) is 3.80. The molecule has 1 unspecified atom stereocenters. The number of piperazine rings is 1. The summed E-state index contributed by atoms with van der Waals surface area (Å²) in [5.41, 5.74) is 8.09. The molecule has 1 saturated heterocycles. The maximum atomic E-state index is 13.5. The second-order valence-electron chi connectivity index (χ2n) is 8.68. The minimum Gasteiger partial charge on any atom is -0.366 e. The Balaban J connectivity index is 1.42. The highest BCUT2D eigenvalue weighted by atomic mass is 19.1. The first-order chi connectivity index (χ1) is 16.8. The van der Waals surface area contributed by atoms with E-state index in [0.29, 0.717) is 37.4 Å². The molecule has 6 nitrogen and oxygen atoms in total. The van der Waals surface area contributed by atoms with E-state index >= 15 is 0 Å². The van der Waals surface area contributed by atoms with E-state index in [1.54, 1.807) is 48.5 Å². The molecule has 4 rings (SSSR count). The van der Waals surface area contributed by atoms with Crippen molar-refractivity contribution in [3.05, 3.63) is 101 Å². The molecule has 1 heterocycles. The van der Waals surface area contributed by atoms with E-state index in [0.717, 1.165) is 11.1 Å². The molecule has 0 aliphatic carbocycles. The van der Waals surface area contributed by atoms with Gasteiger partial charge in [-0.3, -0.25) is 19.4 Å². The fourth-order valence-electron chi connectivity index (χ4n) is 4.42. The van der Waals surface area contributed by atoms with Gasteiger partial charge >= 0.3 is 0 Å². The van der Waals surface area contributed by atoms with Crippen molar-refractivity contribution in [2.24, 2.45) is 5.73 Å². The van der Waals surface area contributed by atoms with Crippen LogP contribution in [0, 0.1) is 11.6 Å². The average Bonchev–Trinajstić information content (AvgIpc) is 2.87. The maximum Gasteiger partial charge on any atom is 0.248 e. The van der Waals surface area contributed by atoms with Crippen LogP contribution >= 0.6 is 0 Å². The topological polar surface area (TPSA) is 78.7 Å². The van der Waals surface area contributed by atoms with Gasteiger partial charge < -0.3 is 11.1 Å². The van der Waals surface area contributed by atoms with Crippen LogP contribution in [0.1, 0.15) is 34.5 Å². The molecule has 3 aromatic rings. The van der Waals surface area contributed by atoms with Crippen molar-refractivity contribution in [2.45, 2.75) is 19.0 Å². The predicted molar refractivity (Wildman–Crippen MR) is 131 cm³/mol. The minimum absolute atomic E-state index is 0.140. The summed E-state index contributed by atoms with van der Waals surface area (Å²) < 4.78 is 27.1. The number of primary amides is 1. The zero-order valence-electron chi connectivity index (χ0n) is 19.5. The number of anilines is 1. The van der Waals surface area contributed by atoms with Gasteiger partial charge in [0.25, 0.3) is 0 Å². The zero-order chi connectivity index (χ0) is 24.9. The van der Waals surface area contributed by atoms with Crippen molar-refractivity contribution in [1.29, 1.82) is 0 Å². The van der Waals surface area contributed by atoms with Crippen LogP contribution in [0.25, 0.3) is 0 Å². The van der Waals surface area contributed by atoms with Crippen molar-refractivity contribution in [1.82, 2.24) is 9.80 Å². The lowest BCUT2D eigenvalue weighted by atomic mass is 9.96. The van der Waals surface area contributed by atoms with E-state index in [9.17, 15) is 18.4 Å². The number of hydrogen-bond donors (Lipinski definition) is 2.